The number of carbonyl (C=O) groups is 1. The Morgan fingerprint density at radius 1 is 1.39 bits per heavy atom. The molecule has 2 aromatic rings. The minimum Gasteiger partial charge on any atom is -0.476 e. The maximum Gasteiger partial charge on any atom is 0.360 e. The molecule has 0 radical (unpaired) electrons. The van der Waals surface area contributed by atoms with Gasteiger partial charge in [-0.1, -0.05) is 6.07 Å². The molecule has 0 bridgehead atoms. The second-order valence-corrected chi connectivity index (χ2v) is 3.71. The fourth-order valence-electron chi connectivity index (χ4n) is 1.52. The first-order valence-corrected chi connectivity index (χ1v) is 5.09. The van der Waals surface area contributed by atoms with Crippen LogP contribution in [0.1, 0.15) is 16.1 Å². The van der Waals surface area contributed by atoms with Crippen molar-refractivity contribution in [1.82, 2.24) is 9.78 Å². The summed E-state index contributed by atoms with van der Waals surface area (Å²) in [6.07, 6.45) is 1.30. The van der Waals surface area contributed by atoms with Gasteiger partial charge in [0.2, 0.25) is 11.1 Å². The van der Waals surface area contributed by atoms with Gasteiger partial charge < -0.3 is 5.11 Å². The van der Waals surface area contributed by atoms with Gasteiger partial charge >= 0.3 is 5.97 Å². The zero-order valence-corrected chi connectivity index (χ0v) is 9.42. The fraction of sp³-hybridized carbons (Fsp3) is 0.0833. The lowest BCUT2D eigenvalue weighted by Gasteiger charge is -2.08. The number of hydrogen-bond donors (Lipinski definition) is 1. The lowest BCUT2D eigenvalue weighted by molar-refractivity contribution is 0.0687. The van der Waals surface area contributed by atoms with Crippen LogP contribution in [0.5, 0.6) is 0 Å². The third-order valence-electron chi connectivity index (χ3n) is 2.43. The number of halogens is 1. The van der Waals surface area contributed by atoms with Gasteiger partial charge in [0.15, 0.2) is 0 Å². The van der Waals surface area contributed by atoms with Gasteiger partial charge in [-0.15, -0.1) is 0 Å². The van der Waals surface area contributed by atoms with Gasteiger partial charge in [0, 0.05) is 12.3 Å². The summed E-state index contributed by atoms with van der Waals surface area (Å²) in [6.45, 7) is 1.73. The molecule has 5 nitrogen and oxygen atoms in total. The molecule has 0 amide bonds. The van der Waals surface area contributed by atoms with Gasteiger partial charge in [-0.3, -0.25) is 4.79 Å². The van der Waals surface area contributed by atoms with E-state index in [0.29, 0.717) is 11.3 Å². The molecule has 0 saturated heterocycles. The highest BCUT2D eigenvalue weighted by molar-refractivity contribution is 5.84. The lowest BCUT2D eigenvalue weighted by Crippen LogP contribution is -2.20. The first-order chi connectivity index (χ1) is 8.49. The second-order valence-electron chi connectivity index (χ2n) is 3.71. The monoisotopic (exact) mass is 248 g/mol. The molecule has 1 aromatic carbocycles. The fourth-order valence-corrected chi connectivity index (χ4v) is 1.52. The minimum atomic E-state index is -1.41. The van der Waals surface area contributed by atoms with E-state index >= 15 is 0 Å². The van der Waals surface area contributed by atoms with E-state index in [4.69, 9.17) is 5.11 Å². The van der Waals surface area contributed by atoms with Gasteiger partial charge in [0.25, 0.3) is 0 Å². The molecule has 1 aromatic heterocycles. The summed E-state index contributed by atoms with van der Waals surface area (Å²) in [5, 5.41) is 12.5. The van der Waals surface area contributed by atoms with Crippen LogP contribution in [0, 0.1) is 12.7 Å². The number of aryl methyl sites for hydroxylation is 1. The highest BCUT2D eigenvalue weighted by Crippen LogP contribution is 2.13. The molecule has 18 heavy (non-hydrogen) atoms. The Kier molecular flexibility index (Phi) is 2.93. The molecule has 0 fully saturated rings. The van der Waals surface area contributed by atoms with Gasteiger partial charge in [-0.25, -0.2) is 13.9 Å². The van der Waals surface area contributed by atoms with Gasteiger partial charge in [0.1, 0.15) is 5.82 Å². The first kappa shape index (κ1) is 12.0. The van der Waals surface area contributed by atoms with Gasteiger partial charge in [-0.05, 0) is 24.6 Å². The van der Waals surface area contributed by atoms with Gasteiger partial charge in [-0.2, -0.15) is 5.10 Å². The number of aromatic carboxylic acids is 1. The number of carboxylic acids is 1. The van der Waals surface area contributed by atoms with Crippen molar-refractivity contribution in [2.45, 2.75) is 6.92 Å². The summed E-state index contributed by atoms with van der Waals surface area (Å²) in [5.41, 5.74) is -0.185. The predicted octanol–water partition coefficient (Wildman–Crippen LogP) is 1.38. The van der Waals surface area contributed by atoms with E-state index in [-0.39, 0.29) is 0 Å². The Labute approximate surface area is 101 Å². The summed E-state index contributed by atoms with van der Waals surface area (Å²) in [5.74, 6) is -1.88. The van der Waals surface area contributed by atoms with E-state index < -0.39 is 22.9 Å². The molecule has 2 rings (SSSR count). The third kappa shape index (κ3) is 2.13. The van der Waals surface area contributed by atoms with E-state index in [2.05, 4.69) is 5.10 Å². The highest BCUT2D eigenvalue weighted by atomic mass is 19.1. The number of hydrogen-bond acceptors (Lipinski definition) is 3. The van der Waals surface area contributed by atoms with Crippen LogP contribution in [-0.2, 0) is 0 Å². The van der Waals surface area contributed by atoms with E-state index in [0.717, 1.165) is 6.07 Å². The Morgan fingerprint density at radius 2 is 2.11 bits per heavy atom. The van der Waals surface area contributed by atoms with Gasteiger partial charge in [0.05, 0.1) is 5.69 Å². The van der Waals surface area contributed by atoms with E-state index in [1.807, 2.05) is 0 Å². The molecule has 1 N–H and O–H groups in total. The molecule has 0 saturated carbocycles. The summed E-state index contributed by atoms with van der Waals surface area (Å²) in [4.78, 5) is 22.1. The number of nitrogens with zero attached hydrogens (tertiary/aromatic N) is 2. The van der Waals surface area contributed by atoms with Crippen molar-refractivity contribution in [3.05, 3.63) is 57.8 Å². The maximum absolute atomic E-state index is 13.2. The second kappa shape index (κ2) is 4.40. The van der Waals surface area contributed by atoms with Crippen LogP contribution in [0.15, 0.2) is 35.3 Å². The number of aromatic nitrogens is 2. The average Bonchev–Trinajstić information content (AvgIpc) is 2.33. The molecule has 6 heteroatoms. The number of carboxylic acid groups (broad SMARTS) is 1. The minimum absolute atomic E-state index is 0.387. The van der Waals surface area contributed by atoms with Crippen molar-refractivity contribution in [1.29, 1.82) is 0 Å². The molecule has 0 aliphatic heterocycles. The molecule has 0 unspecified atom stereocenters. The van der Waals surface area contributed by atoms with Crippen molar-refractivity contribution >= 4 is 5.97 Å². The van der Waals surface area contributed by atoms with Crippen LogP contribution in [0.25, 0.3) is 5.69 Å². The smallest absolute Gasteiger partial charge is 0.360 e. The van der Waals surface area contributed by atoms with E-state index in [1.54, 1.807) is 13.0 Å². The van der Waals surface area contributed by atoms with Crippen LogP contribution in [0.2, 0.25) is 0 Å². The Morgan fingerprint density at radius 3 is 2.78 bits per heavy atom. The summed E-state index contributed by atoms with van der Waals surface area (Å²) in [6, 6.07) is 5.14. The zero-order chi connectivity index (χ0) is 13.3. The zero-order valence-electron chi connectivity index (χ0n) is 9.42. The first-order valence-electron chi connectivity index (χ1n) is 5.09. The molecule has 0 atom stereocenters. The molecule has 0 aliphatic rings. The molecule has 0 spiro atoms. The van der Waals surface area contributed by atoms with Crippen molar-refractivity contribution in [3.8, 4) is 5.69 Å². The Bertz CT molecular complexity index is 679. The van der Waals surface area contributed by atoms with E-state index in [9.17, 15) is 14.0 Å². The normalized spacial score (nSPS) is 10.3. The van der Waals surface area contributed by atoms with Crippen molar-refractivity contribution < 1.29 is 14.3 Å². The Hall–Kier alpha value is -2.50. The third-order valence-corrected chi connectivity index (χ3v) is 2.43. The summed E-state index contributed by atoms with van der Waals surface area (Å²) < 4.78 is 14.3. The lowest BCUT2D eigenvalue weighted by atomic mass is 10.2. The van der Waals surface area contributed by atoms with Crippen LogP contribution in [-0.4, -0.2) is 20.9 Å². The van der Waals surface area contributed by atoms with Crippen LogP contribution in [0.4, 0.5) is 4.39 Å². The summed E-state index contributed by atoms with van der Waals surface area (Å²) >= 11 is 0. The van der Waals surface area contributed by atoms with Crippen molar-refractivity contribution in [2.75, 3.05) is 0 Å². The molecular formula is C12H9FN2O3. The highest BCUT2D eigenvalue weighted by Gasteiger charge is 2.12. The molecule has 1 heterocycles. The maximum atomic E-state index is 13.2. The predicted molar refractivity (Wildman–Crippen MR) is 61.5 cm³/mol. The summed E-state index contributed by atoms with van der Waals surface area (Å²) in [7, 11) is 0. The molecular weight excluding hydrogens is 239 g/mol. The number of rotatable bonds is 2. The quantitative estimate of drug-likeness (QED) is 0.871. The topological polar surface area (TPSA) is 72.2 Å². The SMILES string of the molecule is Cc1ccc(F)cc1-n1ccc(=O)c(C(=O)O)n1. The Balaban J connectivity index is 2.65. The standard InChI is InChI=1S/C12H9FN2O3/c1-7-2-3-8(13)6-9(7)15-5-4-10(16)11(14-15)12(17)18/h2-6H,1H3,(H,17,18). The largest absolute Gasteiger partial charge is 0.476 e. The van der Waals surface area contributed by atoms with Crippen molar-refractivity contribution in [2.24, 2.45) is 0 Å². The van der Waals surface area contributed by atoms with E-state index in [1.165, 1.54) is 23.0 Å². The van der Waals surface area contributed by atoms with Crippen LogP contribution < -0.4 is 5.43 Å². The van der Waals surface area contributed by atoms with Crippen LogP contribution in [0.3, 0.4) is 0 Å². The van der Waals surface area contributed by atoms with Crippen LogP contribution >= 0.6 is 0 Å². The number of benzene rings is 1. The molecule has 92 valence electrons. The average molecular weight is 248 g/mol. The molecule has 0 aliphatic carbocycles. The van der Waals surface area contributed by atoms with Crippen molar-refractivity contribution in [3.63, 3.8) is 0 Å².